The molecule has 2 aromatic carbocycles. The maximum atomic E-state index is 13.3. The zero-order chi connectivity index (χ0) is 49.3. The number of aryl methyl sites for hydroxylation is 2. The van der Waals surface area contributed by atoms with E-state index in [-0.39, 0.29) is 108 Å². The third-order valence-corrected chi connectivity index (χ3v) is 10.3. The van der Waals surface area contributed by atoms with E-state index >= 15 is 0 Å². The molecular formula is C43H52N16O9. The van der Waals surface area contributed by atoms with Gasteiger partial charge in [0, 0.05) is 42.9 Å². The van der Waals surface area contributed by atoms with Crippen LogP contribution in [-0.4, -0.2) is 115 Å². The molecule has 25 nitrogen and oxygen atoms in total. The molecule has 68 heavy (non-hydrogen) atoms. The number of aldehydes is 1. The summed E-state index contributed by atoms with van der Waals surface area (Å²) in [5, 5.41) is 27.3. The number of amidine groups is 1. The van der Waals surface area contributed by atoms with Crippen LogP contribution in [0.3, 0.4) is 0 Å². The van der Waals surface area contributed by atoms with Crippen molar-refractivity contribution >= 4 is 82.1 Å². The van der Waals surface area contributed by atoms with Crippen LogP contribution in [0.5, 0.6) is 5.75 Å². The predicted octanol–water partition coefficient (Wildman–Crippen LogP) is -1.29. The van der Waals surface area contributed by atoms with Gasteiger partial charge in [-0.3, -0.25) is 38.5 Å². The molecule has 0 spiro atoms. The first-order chi connectivity index (χ1) is 32.6. The number of aromatic nitrogens is 4. The normalized spacial score (nSPS) is 13.1. The second kappa shape index (κ2) is 24.1. The Hall–Kier alpha value is -8.61. The Kier molecular flexibility index (Phi) is 17.8. The van der Waals surface area contributed by atoms with Crippen molar-refractivity contribution in [3.05, 3.63) is 82.7 Å². The highest BCUT2D eigenvalue weighted by atomic mass is 16.3. The van der Waals surface area contributed by atoms with E-state index in [1.54, 1.807) is 6.07 Å². The lowest BCUT2D eigenvalue weighted by atomic mass is 10.0. The first kappa shape index (κ1) is 50.4. The molecule has 0 radical (unpaired) electrons. The summed E-state index contributed by atoms with van der Waals surface area (Å²) in [6.45, 7) is 1.37. The lowest BCUT2D eigenvalue weighted by molar-refractivity contribution is -0.137. The molecular weight excluding hydrogens is 885 g/mol. The van der Waals surface area contributed by atoms with Crippen LogP contribution < -0.4 is 55.2 Å². The Bertz CT molecular complexity index is 2620. The van der Waals surface area contributed by atoms with Gasteiger partial charge >= 0.3 is 0 Å². The number of phenols is 1. The van der Waals surface area contributed by atoms with Gasteiger partial charge < -0.3 is 53.7 Å². The molecule has 0 saturated heterocycles. The van der Waals surface area contributed by atoms with Crippen LogP contribution in [0, 0.1) is 0 Å². The average Bonchev–Trinajstić information content (AvgIpc) is 3.63. The summed E-state index contributed by atoms with van der Waals surface area (Å²) < 4.78 is 0. The number of benzene rings is 2. The Morgan fingerprint density at radius 1 is 0.853 bits per heavy atom. The van der Waals surface area contributed by atoms with E-state index in [2.05, 4.69) is 51.6 Å². The number of phenolic OH excluding ortho intramolecular Hbond substituents is 1. The number of carbonyl (C=O) groups is 8. The second-order valence-corrected chi connectivity index (χ2v) is 15.4. The predicted molar refractivity (Wildman–Crippen MR) is 246 cm³/mol. The number of carbonyl (C=O) groups excluding carboxylic acids is 8. The number of nitrogens with one attached hydrogen (secondary N) is 6. The van der Waals surface area contributed by atoms with Crippen molar-refractivity contribution in [3.8, 4) is 5.75 Å². The van der Waals surface area contributed by atoms with Crippen LogP contribution in [-0.2, 0) is 41.6 Å². The van der Waals surface area contributed by atoms with Gasteiger partial charge in [0.05, 0.1) is 35.6 Å². The molecule has 0 bridgehead atoms. The summed E-state index contributed by atoms with van der Waals surface area (Å²) in [5.74, 6) is 1.27. The maximum Gasteiger partial charge on any atom is 0.255 e. The molecule has 358 valence electrons. The first-order valence-corrected chi connectivity index (χ1v) is 21.3. The number of aromatic hydroxyl groups is 1. The number of hydrogen-bond donors (Lipinski definition) is 11. The van der Waals surface area contributed by atoms with Gasteiger partial charge in [-0.1, -0.05) is 12.5 Å². The number of amides is 7. The number of nitrogens with zero attached hydrogens (tertiary/aromatic N) is 6. The quantitative estimate of drug-likeness (QED) is 0.00740. The fourth-order valence-electron chi connectivity index (χ4n) is 6.76. The highest BCUT2D eigenvalue weighted by Crippen LogP contribution is 2.22. The van der Waals surface area contributed by atoms with Crippen molar-refractivity contribution in [1.82, 2.24) is 51.6 Å². The van der Waals surface area contributed by atoms with Crippen molar-refractivity contribution in [2.75, 3.05) is 36.4 Å². The molecule has 1 aliphatic heterocycles. The van der Waals surface area contributed by atoms with E-state index in [1.165, 1.54) is 55.6 Å². The van der Waals surface area contributed by atoms with Crippen molar-refractivity contribution in [2.24, 2.45) is 16.7 Å². The topological polar surface area (TPSA) is 400 Å². The smallest absolute Gasteiger partial charge is 0.255 e. The monoisotopic (exact) mass is 936 g/mol. The zero-order valence-corrected chi connectivity index (χ0v) is 36.9. The molecule has 2 aromatic heterocycles. The van der Waals surface area contributed by atoms with Crippen LogP contribution in [0.25, 0.3) is 11.2 Å². The van der Waals surface area contributed by atoms with Crippen molar-refractivity contribution in [3.63, 3.8) is 0 Å². The summed E-state index contributed by atoms with van der Waals surface area (Å²) in [4.78, 5) is 117. The van der Waals surface area contributed by atoms with Gasteiger partial charge in [-0.15, -0.1) is 5.10 Å². The van der Waals surface area contributed by atoms with Crippen LogP contribution in [0.15, 0.2) is 59.8 Å². The number of imide groups is 1. The van der Waals surface area contributed by atoms with Crippen LogP contribution >= 0.6 is 0 Å². The van der Waals surface area contributed by atoms with Gasteiger partial charge in [-0.05, 0) is 81.3 Å². The summed E-state index contributed by atoms with van der Waals surface area (Å²) in [7, 11) is 0. The van der Waals surface area contributed by atoms with Crippen LogP contribution in [0.1, 0.15) is 83.0 Å². The van der Waals surface area contributed by atoms with Crippen LogP contribution in [0.4, 0.5) is 17.5 Å². The van der Waals surface area contributed by atoms with Crippen LogP contribution in [0.2, 0.25) is 0 Å². The molecule has 2 atom stereocenters. The molecule has 25 heteroatoms. The van der Waals surface area contributed by atoms with E-state index in [4.69, 9.17) is 23.0 Å². The fraction of sp³-hybridized carbons (Fsp3) is 0.326. The Labute approximate surface area is 388 Å². The Morgan fingerprint density at radius 2 is 1.60 bits per heavy atom. The van der Waals surface area contributed by atoms with Crippen molar-refractivity contribution in [1.29, 1.82) is 0 Å². The van der Waals surface area contributed by atoms with Gasteiger partial charge in [0.25, 0.3) is 23.6 Å². The number of nitrogens with two attached hydrogens (primary N) is 4. The number of hydrogen-bond acceptors (Lipinski definition) is 18. The van der Waals surface area contributed by atoms with E-state index in [0.717, 1.165) is 4.90 Å². The number of hydrazine groups is 1. The van der Waals surface area contributed by atoms with Crippen molar-refractivity contribution < 1.29 is 43.5 Å². The highest BCUT2D eigenvalue weighted by molar-refractivity contribution is 6.13. The number of unbranched alkanes of at least 4 members (excludes halogenated alkanes) is 2. The molecule has 0 aliphatic carbocycles. The van der Waals surface area contributed by atoms with E-state index < -0.39 is 35.7 Å². The summed E-state index contributed by atoms with van der Waals surface area (Å²) in [6.07, 6.45) is 7.45. The van der Waals surface area contributed by atoms with Gasteiger partial charge in [-0.25, -0.2) is 21.3 Å². The fourth-order valence-corrected chi connectivity index (χ4v) is 6.76. The average molecular weight is 937 g/mol. The maximum absolute atomic E-state index is 13.3. The number of hydrazone groups is 1. The number of anilines is 3. The van der Waals surface area contributed by atoms with Crippen molar-refractivity contribution in [2.45, 2.75) is 70.4 Å². The van der Waals surface area contributed by atoms with Gasteiger partial charge in [0.2, 0.25) is 23.7 Å². The summed E-state index contributed by atoms with van der Waals surface area (Å²) in [5.41, 5.74) is 21.8. The molecule has 1 aliphatic rings. The molecule has 4 aromatic rings. The SMILES string of the molecule is CC(NC(=O)CNC(=O)CCCCCN1C(=O)C=CC1=O)C(=O)Nc1ccc(C(=O)NCCCC(C=O)NC(=O)c2ccc(CCc3cnc4nc(N)nc(N)c4n3)cc2O)c(/C(N)=N/NN)c1. The molecule has 15 N–H and O–H groups in total. The number of rotatable bonds is 24. The molecule has 7 amide bonds. The van der Waals surface area contributed by atoms with E-state index in [1.807, 2.05) is 5.53 Å². The summed E-state index contributed by atoms with van der Waals surface area (Å²) in [6, 6.07) is 6.72. The second-order valence-electron chi connectivity index (χ2n) is 15.4. The zero-order valence-electron chi connectivity index (χ0n) is 36.9. The molecule has 0 fully saturated rings. The third-order valence-electron chi connectivity index (χ3n) is 10.3. The lowest BCUT2D eigenvalue weighted by Gasteiger charge is -2.16. The minimum Gasteiger partial charge on any atom is -0.507 e. The van der Waals surface area contributed by atoms with E-state index in [0.29, 0.717) is 55.2 Å². The van der Waals surface area contributed by atoms with E-state index in [9.17, 15) is 43.5 Å². The Balaban J connectivity index is 1.04. The Morgan fingerprint density at radius 3 is 2.32 bits per heavy atom. The largest absolute Gasteiger partial charge is 0.507 e. The first-order valence-electron chi connectivity index (χ1n) is 21.3. The molecule has 5 rings (SSSR count). The molecule has 2 unspecified atom stereocenters. The summed E-state index contributed by atoms with van der Waals surface area (Å²) >= 11 is 0. The lowest BCUT2D eigenvalue weighted by Crippen LogP contribution is -2.45. The minimum absolute atomic E-state index is 0.0160. The molecule has 3 heterocycles. The van der Waals surface area contributed by atoms with Gasteiger partial charge in [-0.2, -0.15) is 9.97 Å². The highest BCUT2D eigenvalue weighted by Gasteiger charge is 2.23. The number of fused-ring (bicyclic) bond motifs is 1. The third kappa shape index (κ3) is 14.2. The number of nitrogen functional groups attached to an aromatic ring is 2. The molecule has 0 saturated carbocycles. The van der Waals surface area contributed by atoms with Gasteiger partial charge in [0.15, 0.2) is 22.8 Å². The minimum atomic E-state index is -1.05. The van der Waals surface area contributed by atoms with Gasteiger partial charge in [0.1, 0.15) is 18.1 Å². The standard InChI is InChI=1S/C43H52N16O9/c1-23(51-33(63)21-49-32(62)7-3-2-4-17-59-34(64)14-15-35(59)65)40(66)53-25-11-13-28(30(19-25)37(44)57-58-47)41(67)48-16-5-6-27(22-60)54-42(68)29-12-9-24(18-31(29)61)8-10-26-20-50-39-36(52-26)38(45)55-43(46)56-39/h9,11-15,18-20,22-23,27,58,61H,2-8,10,16-17,21,47H2,1H3,(H2,44,57)(H,48,67)(H,49,62)(H,51,63)(H,53,66)(H,54,68)(H4,45,46,50,55,56).